The normalized spacial score (nSPS) is 17.5. The van der Waals surface area contributed by atoms with Crippen LogP contribution in [0.25, 0.3) is 0 Å². The molecule has 33 heavy (non-hydrogen) atoms. The Kier molecular flexibility index (Phi) is 5.28. The molecule has 0 N–H and O–H groups in total. The van der Waals surface area contributed by atoms with Gasteiger partial charge in [-0.15, -0.1) is 11.8 Å². The van der Waals surface area contributed by atoms with E-state index >= 15 is 0 Å². The van der Waals surface area contributed by atoms with Crippen molar-refractivity contribution in [3.63, 3.8) is 0 Å². The summed E-state index contributed by atoms with van der Waals surface area (Å²) in [4.78, 5) is 28.3. The first-order chi connectivity index (χ1) is 15.8. The molecule has 0 saturated carbocycles. The second kappa shape index (κ2) is 8.02. The van der Waals surface area contributed by atoms with Gasteiger partial charge in [-0.2, -0.15) is 0 Å². The summed E-state index contributed by atoms with van der Waals surface area (Å²) in [5.74, 6) is -0.391. The second-order valence-electron chi connectivity index (χ2n) is 8.66. The van der Waals surface area contributed by atoms with Gasteiger partial charge in [-0.1, -0.05) is 6.07 Å². The van der Waals surface area contributed by atoms with Gasteiger partial charge in [0.25, 0.3) is 5.91 Å². The van der Waals surface area contributed by atoms with E-state index in [4.69, 9.17) is 0 Å². The van der Waals surface area contributed by atoms with Crippen LogP contribution < -0.4 is 10.4 Å². The van der Waals surface area contributed by atoms with E-state index in [2.05, 4.69) is 0 Å². The highest BCUT2D eigenvalue weighted by Crippen LogP contribution is 2.43. The van der Waals surface area contributed by atoms with E-state index < -0.39 is 6.04 Å². The van der Waals surface area contributed by atoms with Gasteiger partial charge in [-0.3, -0.25) is 19.3 Å². The van der Waals surface area contributed by atoms with Crippen molar-refractivity contribution in [1.82, 2.24) is 9.58 Å². The lowest BCUT2D eigenvalue weighted by Crippen LogP contribution is -2.57. The minimum Gasteiger partial charge on any atom is -0.316 e. The maximum Gasteiger partial charge on any atom is 0.274 e. The van der Waals surface area contributed by atoms with Crippen molar-refractivity contribution >= 4 is 17.7 Å². The molecule has 2 aliphatic heterocycles. The number of thioether (sulfide) groups is 1. The predicted octanol–water partition coefficient (Wildman–Crippen LogP) is 4.59. The summed E-state index contributed by atoms with van der Waals surface area (Å²) in [6, 6.07) is 10.1. The smallest absolute Gasteiger partial charge is 0.274 e. The highest BCUT2D eigenvalue weighted by atomic mass is 32.2. The Bertz CT molecular complexity index is 1280. The molecule has 0 saturated heterocycles. The fourth-order valence-electron chi connectivity index (χ4n) is 4.59. The van der Waals surface area contributed by atoms with Gasteiger partial charge in [0.15, 0.2) is 5.43 Å². The Labute approximate surface area is 194 Å². The van der Waals surface area contributed by atoms with Crippen LogP contribution >= 0.6 is 11.8 Å². The minimum absolute atomic E-state index is 0.137. The van der Waals surface area contributed by atoms with E-state index in [0.717, 1.165) is 10.5 Å². The van der Waals surface area contributed by atoms with E-state index in [1.807, 2.05) is 18.9 Å². The third-order valence-electron chi connectivity index (χ3n) is 6.33. The van der Waals surface area contributed by atoms with Crippen molar-refractivity contribution in [3.8, 4) is 0 Å². The second-order valence-corrected chi connectivity index (χ2v) is 9.68. The van der Waals surface area contributed by atoms with E-state index in [0.29, 0.717) is 22.4 Å². The molecular weight excluding hydrogens is 444 g/mol. The lowest BCUT2D eigenvalue weighted by Gasteiger charge is -2.45. The number of nitrogens with zero attached hydrogens (tertiary/aromatic N) is 3. The van der Waals surface area contributed by atoms with Gasteiger partial charge in [-0.05, 0) is 67.8 Å². The summed E-state index contributed by atoms with van der Waals surface area (Å²) in [5, 5.41) is 1.92. The summed E-state index contributed by atoms with van der Waals surface area (Å²) in [7, 11) is 0. The number of hydrogen-bond donors (Lipinski definition) is 0. The van der Waals surface area contributed by atoms with Gasteiger partial charge in [0.2, 0.25) is 0 Å². The summed E-state index contributed by atoms with van der Waals surface area (Å²) in [6.07, 6.45) is 1.58. The summed E-state index contributed by atoms with van der Waals surface area (Å²) in [6.45, 7) is 5.66. The Morgan fingerprint density at radius 2 is 1.70 bits per heavy atom. The molecule has 0 bridgehead atoms. The van der Waals surface area contributed by atoms with E-state index in [9.17, 15) is 18.4 Å². The molecule has 0 spiro atoms. The molecule has 3 heterocycles. The number of pyridine rings is 1. The molecule has 2 aromatic carbocycles. The van der Waals surface area contributed by atoms with Crippen LogP contribution in [0.3, 0.4) is 0 Å². The van der Waals surface area contributed by atoms with Crippen LogP contribution in [-0.4, -0.2) is 28.2 Å². The van der Waals surface area contributed by atoms with Crippen LogP contribution in [0.15, 0.2) is 58.4 Å². The Morgan fingerprint density at radius 1 is 1.00 bits per heavy atom. The number of hydrogen-bond acceptors (Lipinski definition) is 4. The van der Waals surface area contributed by atoms with Crippen LogP contribution in [0.2, 0.25) is 0 Å². The average molecular weight is 468 g/mol. The van der Waals surface area contributed by atoms with Crippen LogP contribution in [0.5, 0.6) is 0 Å². The topological polar surface area (TPSA) is 45.6 Å². The first-order valence-electron chi connectivity index (χ1n) is 10.8. The third kappa shape index (κ3) is 3.53. The van der Waals surface area contributed by atoms with Gasteiger partial charge in [0.1, 0.15) is 24.0 Å². The number of halogens is 2. The van der Waals surface area contributed by atoms with Crippen molar-refractivity contribution in [1.29, 1.82) is 0 Å². The number of rotatable bonds is 2. The molecule has 2 aliphatic rings. The van der Waals surface area contributed by atoms with Gasteiger partial charge >= 0.3 is 0 Å². The van der Waals surface area contributed by atoms with Crippen LogP contribution in [0.1, 0.15) is 52.6 Å². The molecule has 1 amide bonds. The van der Waals surface area contributed by atoms with Gasteiger partial charge in [0, 0.05) is 34.5 Å². The maximum atomic E-state index is 14.5. The Balaban J connectivity index is 1.82. The SMILES string of the molecule is Cc1c2n(ccc1=O)N(C1c3cc(F)ccc3CSc3ccc(F)cc31)CN(C(C)C)C2=O. The lowest BCUT2D eigenvalue weighted by atomic mass is 9.94. The van der Waals surface area contributed by atoms with Crippen molar-refractivity contribution < 1.29 is 13.6 Å². The number of aromatic nitrogens is 1. The number of carbonyl (C=O) groups excluding carboxylic acids is 1. The first-order valence-corrected chi connectivity index (χ1v) is 11.8. The van der Waals surface area contributed by atoms with Crippen molar-refractivity contribution in [2.45, 2.75) is 43.5 Å². The molecular formula is C25H23F2N3O2S. The maximum absolute atomic E-state index is 14.5. The number of amides is 1. The largest absolute Gasteiger partial charge is 0.316 e. The van der Waals surface area contributed by atoms with E-state index in [1.165, 1.54) is 30.3 Å². The monoisotopic (exact) mass is 467 g/mol. The lowest BCUT2D eigenvalue weighted by molar-refractivity contribution is 0.0625. The highest BCUT2D eigenvalue weighted by molar-refractivity contribution is 7.98. The van der Waals surface area contributed by atoms with Crippen molar-refractivity contribution in [2.75, 3.05) is 11.7 Å². The summed E-state index contributed by atoms with van der Waals surface area (Å²) >= 11 is 1.57. The van der Waals surface area contributed by atoms with E-state index in [1.54, 1.807) is 46.6 Å². The minimum atomic E-state index is -0.564. The average Bonchev–Trinajstić information content (AvgIpc) is 2.92. The molecule has 1 aromatic heterocycles. The van der Waals surface area contributed by atoms with Gasteiger partial charge in [-0.25, -0.2) is 8.78 Å². The molecule has 3 aromatic rings. The zero-order chi connectivity index (χ0) is 23.4. The Hall–Kier alpha value is -3.13. The molecule has 5 nitrogen and oxygen atoms in total. The summed E-state index contributed by atoms with van der Waals surface area (Å²) in [5.41, 5.74) is 2.75. The van der Waals surface area contributed by atoms with Crippen molar-refractivity contribution in [3.05, 3.63) is 98.5 Å². The van der Waals surface area contributed by atoms with Crippen LogP contribution in [0, 0.1) is 18.6 Å². The highest BCUT2D eigenvalue weighted by Gasteiger charge is 2.38. The zero-order valence-electron chi connectivity index (χ0n) is 18.5. The molecule has 0 fully saturated rings. The number of fused-ring (bicyclic) bond motifs is 3. The van der Waals surface area contributed by atoms with Crippen LogP contribution in [0.4, 0.5) is 8.78 Å². The number of benzene rings is 2. The number of carbonyl (C=O) groups is 1. The Morgan fingerprint density at radius 3 is 2.42 bits per heavy atom. The predicted molar refractivity (Wildman–Crippen MR) is 124 cm³/mol. The molecule has 1 unspecified atom stereocenters. The first kappa shape index (κ1) is 21.7. The quantitative estimate of drug-likeness (QED) is 0.553. The fraction of sp³-hybridized carbons (Fsp3) is 0.280. The third-order valence-corrected chi connectivity index (χ3v) is 7.47. The summed E-state index contributed by atoms with van der Waals surface area (Å²) < 4.78 is 30.7. The molecule has 5 rings (SSSR count). The zero-order valence-corrected chi connectivity index (χ0v) is 19.3. The van der Waals surface area contributed by atoms with Crippen LogP contribution in [-0.2, 0) is 5.75 Å². The fourth-order valence-corrected chi connectivity index (χ4v) is 5.66. The van der Waals surface area contributed by atoms with Gasteiger partial charge < -0.3 is 4.90 Å². The molecule has 0 aliphatic carbocycles. The van der Waals surface area contributed by atoms with Crippen molar-refractivity contribution in [2.24, 2.45) is 0 Å². The molecule has 170 valence electrons. The standard InChI is InChI=1S/C25H23F2N3O2S/c1-14(2)28-13-30(29-9-8-21(31)15(3)23(29)25(28)32)24-19-10-17(26)5-4-16(19)12-33-22-7-6-18(27)11-20(22)24/h4-11,14,24H,12-13H2,1-3H3. The van der Waals surface area contributed by atoms with E-state index in [-0.39, 0.29) is 41.4 Å². The van der Waals surface area contributed by atoms with Gasteiger partial charge in [0.05, 0.1) is 6.04 Å². The molecule has 0 radical (unpaired) electrons. The molecule has 1 atom stereocenters. The molecule has 8 heteroatoms.